The monoisotopic (exact) mass is 206 g/mol. The molecule has 2 heteroatoms. The maximum Gasteiger partial charge on any atom is -0.00675 e. The fraction of sp³-hybridized carbons (Fsp3) is 1.00. The van der Waals surface area contributed by atoms with E-state index in [2.05, 4.69) is 24.9 Å². The topological polar surface area (TPSA) is 0 Å². The summed E-state index contributed by atoms with van der Waals surface area (Å²) in [4.78, 5) is 0. The zero-order valence-corrected chi connectivity index (χ0v) is 10.1. The smallest absolute Gasteiger partial charge is 0.00675 e. The molecule has 0 aliphatic rings. The third-order valence-electron chi connectivity index (χ3n) is 1.78. The molecule has 0 aliphatic heterocycles. The molecule has 0 nitrogen and oxygen atoms in total. The summed E-state index contributed by atoms with van der Waals surface area (Å²) in [5, 5.41) is 0. The van der Waals surface area contributed by atoms with Gasteiger partial charge in [-0.25, -0.2) is 0 Å². The van der Waals surface area contributed by atoms with Crippen molar-refractivity contribution in [2.75, 3.05) is 23.5 Å². The van der Waals surface area contributed by atoms with Gasteiger partial charge in [0.2, 0.25) is 0 Å². The summed E-state index contributed by atoms with van der Waals surface area (Å²) in [6.07, 6.45) is 9.20. The predicted octanol–water partition coefficient (Wildman–Crippen LogP) is 4.05. The maximum atomic E-state index is 2.26. The average molecular weight is 206 g/mol. The van der Waals surface area contributed by atoms with Crippen molar-refractivity contribution in [3.8, 4) is 0 Å². The van der Waals surface area contributed by atoms with Crippen LogP contribution in [-0.2, 0) is 0 Å². The molecule has 0 heterocycles. The van der Waals surface area contributed by atoms with E-state index in [-0.39, 0.29) is 0 Å². The molecule has 0 amide bonds. The molecule has 0 aromatic carbocycles. The van der Waals surface area contributed by atoms with E-state index >= 15 is 0 Å². The van der Waals surface area contributed by atoms with Gasteiger partial charge in [-0.2, -0.15) is 23.5 Å². The molecular formula is C10H22S2. The van der Waals surface area contributed by atoms with Crippen molar-refractivity contribution < 1.29 is 0 Å². The second kappa shape index (κ2) is 11.7. The lowest BCUT2D eigenvalue weighted by Crippen LogP contribution is -1.85. The van der Waals surface area contributed by atoms with E-state index in [1.54, 1.807) is 0 Å². The minimum atomic E-state index is 1.35. The average Bonchev–Trinajstić information content (AvgIpc) is 2.10. The number of unbranched alkanes of at least 4 members (excludes halogenated alkanes) is 3. The standard InChI is InChI=1S/C10H22S2/c1-3-4-9-12-10-7-5-6-8-11-2/h3-10H2,1-2H3. The van der Waals surface area contributed by atoms with Gasteiger partial charge in [-0.1, -0.05) is 19.8 Å². The molecule has 0 saturated carbocycles. The highest BCUT2D eigenvalue weighted by Gasteiger charge is 1.90. The van der Waals surface area contributed by atoms with Crippen LogP contribution < -0.4 is 0 Å². The number of thioether (sulfide) groups is 2. The minimum Gasteiger partial charge on any atom is -0.165 e. The maximum absolute atomic E-state index is 2.26. The Morgan fingerprint density at radius 1 is 0.833 bits per heavy atom. The molecule has 0 unspecified atom stereocenters. The molecule has 0 rings (SSSR count). The van der Waals surface area contributed by atoms with Crippen molar-refractivity contribution in [1.29, 1.82) is 0 Å². The summed E-state index contributed by atoms with van der Waals surface area (Å²) in [5.74, 6) is 4.10. The third-order valence-corrected chi connectivity index (χ3v) is 3.63. The lowest BCUT2D eigenvalue weighted by atomic mass is 10.3. The van der Waals surface area contributed by atoms with Gasteiger partial charge in [0, 0.05) is 0 Å². The fourth-order valence-electron chi connectivity index (χ4n) is 0.976. The summed E-state index contributed by atoms with van der Waals surface area (Å²) in [6, 6.07) is 0. The molecule has 0 bridgehead atoms. The van der Waals surface area contributed by atoms with Gasteiger partial charge in [-0.05, 0) is 42.8 Å². The van der Waals surface area contributed by atoms with Gasteiger partial charge in [0.1, 0.15) is 0 Å². The molecule has 0 radical (unpaired) electrons. The highest BCUT2D eigenvalue weighted by molar-refractivity contribution is 7.99. The van der Waals surface area contributed by atoms with Gasteiger partial charge in [0.05, 0.1) is 0 Å². The predicted molar refractivity (Wildman–Crippen MR) is 64.5 cm³/mol. The fourth-order valence-corrected chi connectivity index (χ4v) is 2.57. The van der Waals surface area contributed by atoms with Crippen molar-refractivity contribution in [3.63, 3.8) is 0 Å². The van der Waals surface area contributed by atoms with E-state index in [1.807, 2.05) is 11.8 Å². The van der Waals surface area contributed by atoms with Crippen LogP contribution in [0.4, 0.5) is 0 Å². The van der Waals surface area contributed by atoms with Crippen LogP contribution in [0.25, 0.3) is 0 Å². The van der Waals surface area contributed by atoms with E-state index in [0.717, 1.165) is 0 Å². The van der Waals surface area contributed by atoms with Crippen LogP contribution in [-0.4, -0.2) is 23.5 Å². The van der Waals surface area contributed by atoms with Gasteiger partial charge in [0.25, 0.3) is 0 Å². The van der Waals surface area contributed by atoms with Crippen molar-refractivity contribution in [2.45, 2.75) is 39.0 Å². The first-order chi connectivity index (χ1) is 5.91. The zero-order valence-electron chi connectivity index (χ0n) is 8.47. The Balaban J connectivity index is 2.73. The van der Waals surface area contributed by atoms with Crippen molar-refractivity contribution in [1.82, 2.24) is 0 Å². The van der Waals surface area contributed by atoms with Crippen LogP contribution in [0, 0.1) is 0 Å². The van der Waals surface area contributed by atoms with E-state index < -0.39 is 0 Å². The minimum absolute atomic E-state index is 1.35. The Labute approximate surface area is 86.3 Å². The second-order valence-electron chi connectivity index (χ2n) is 3.02. The Morgan fingerprint density at radius 2 is 1.50 bits per heavy atom. The molecule has 0 aromatic heterocycles. The normalized spacial score (nSPS) is 10.5. The quantitative estimate of drug-likeness (QED) is 0.522. The Bertz CT molecular complexity index is 64.2. The van der Waals surface area contributed by atoms with Crippen LogP contribution in [0.2, 0.25) is 0 Å². The second-order valence-corrected chi connectivity index (χ2v) is 5.23. The van der Waals surface area contributed by atoms with E-state index in [0.29, 0.717) is 0 Å². The third kappa shape index (κ3) is 10.7. The Morgan fingerprint density at radius 3 is 2.17 bits per heavy atom. The number of rotatable bonds is 9. The SMILES string of the molecule is CCCCSCCCCCSC. The van der Waals surface area contributed by atoms with E-state index in [1.165, 1.54) is 49.4 Å². The molecule has 0 atom stereocenters. The molecule has 74 valence electrons. The molecule has 12 heavy (non-hydrogen) atoms. The van der Waals surface area contributed by atoms with Gasteiger partial charge in [0.15, 0.2) is 0 Å². The van der Waals surface area contributed by atoms with Crippen LogP contribution in [0.1, 0.15) is 39.0 Å². The number of hydrogen-bond donors (Lipinski definition) is 0. The lowest BCUT2D eigenvalue weighted by Gasteiger charge is -2.00. The number of hydrogen-bond acceptors (Lipinski definition) is 2. The molecule has 0 saturated heterocycles. The first kappa shape index (κ1) is 12.7. The van der Waals surface area contributed by atoms with Crippen LogP contribution in [0.5, 0.6) is 0 Å². The molecule has 0 fully saturated rings. The Kier molecular flexibility index (Phi) is 12.4. The van der Waals surface area contributed by atoms with Crippen LogP contribution >= 0.6 is 23.5 Å². The van der Waals surface area contributed by atoms with Gasteiger partial charge in [-0.3, -0.25) is 0 Å². The molecule has 0 aromatic rings. The summed E-state index contributed by atoms with van der Waals surface area (Å²) in [7, 11) is 0. The summed E-state index contributed by atoms with van der Waals surface area (Å²) >= 11 is 4.10. The molecule has 0 spiro atoms. The van der Waals surface area contributed by atoms with Gasteiger partial charge in [-0.15, -0.1) is 0 Å². The summed E-state index contributed by atoms with van der Waals surface area (Å²) in [6.45, 7) is 2.26. The van der Waals surface area contributed by atoms with Crippen molar-refractivity contribution in [3.05, 3.63) is 0 Å². The summed E-state index contributed by atoms with van der Waals surface area (Å²) < 4.78 is 0. The molecule has 0 N–H and O–H groups in total. The first-order valence-corrected chi connectivity index (χ1v) is 7.53. The van der Waals surface area contributed by atoms with Crippen molar-refractivity contribution >= 4 is 23.5 Å². The largest absolute Gasteiger partial charge is 0.165 e. The Hall–Kier alpha value is 0.700. The molecule has 0 aliphatic carbocycles. The van der Waals surface area contributed by atoms with E-state index in [9.17, 15) is 0 Å². The van der Waals surface area contributed by atoms with Gasteiger partial charge >= 0.3 is 0 Å². The summed E-state index contributed by atoms with van der Waals surface area (Å²) in [5.41, 5.74) is 0. The van der Waals surface area contributed by atoms with Crippen LogP contribution in [0.15, 0.2) is 0 Å². The van der Waals surface area contributed by atoms with Crippen molar-refractivity contribution in [2.24, 2.45) is 0 Å². The van der Waals surface area contributed by atoms with E-state index in [4.69, 9.17) is 0 Å². The highest BCUT2D eigenvalue weighted by atomic mass is 32.2. The lowest BCUT2D eigenvalue weighted by molar-refractivity contribution is 0.785. The van der Waals surface area contributed by atoms with Crippen LogP contribution in [0.3, 0.4) is 0 Å². The first-order valence-electron chi connectivity index (χ1n) is 4.98. The zero-order chi connectivity index (χ0) is 9.07. The highest BCUT2D eigenvalue weighted by Crippen LogP contribution is 2.09. The molecular weight excluding hydrogens is 184 g/mol. The van der Waals surface area contributed by atoms with Gasteiger partial charge < -0.3 is 0 Å².